The van der Waals surface area contributed by atoms with Gasteiger partial charge in [-0.15, -0.1) is 0 Å². The van der Waals surface area contributed by atoms with Gasteiger partial charge in [-0.2, -0.15) is 0 Å². The van der Waals surface area contributed by atoms with E-state index in [4.69, 9.17) is 9.47 Å². The zero-order valence-electron chi connectivity index (χ0n) is 10.8. The van der Waals surface area contributed by atoms with Gasteiger partial charge in [-0.3, -0.25) is 9.59 Å². The molecule has 0 amide bonds. The van der Waals surface area contributed by atoms with E-state index in [9.17, 15) is 14.7 Å². The number of aliphatic hydroxyl groups is 1. The zero-order valence-corrected chi connectivity index (χ0v) is 10.8. The van der Waals surface area contributed by atoms with Crippen molar-refractivity contribution in [1.29, 1.82) is 0 Å². The van der Waals surface area contributed by atoms with E-state index in [1.165, 1.54) is 6.92 Å². The van der Waals surface area contributed by atoms with Gasteiger partial charge >= 0.3 is 11.9 Å². The first kappa shape index (κ1) is 15.9. The molecular weight excluding hydrogens is 224 g/mol. The minimum atomic E-state index is -1.22. The van der Waals surface area contributed by atoms with E-state index in [2.05, 4.69) is 0 Å². The Labute approximate surface area is 102 Å². The van der Waals surface area contributed by atoms with E-state index in [-0.39, 0.29) is 25.2 Å². The molecule has 0 spiro atoms. The van der Waals surface area contributed by atoms with Crippen molar-refractivity contribution in [2.75, 3.05) is 13.2 Å². The van der Waals surface area contributed by atoms with Crippen LogP contribution < -0.4 is 0 Å². The van der Waals surface area contributed by atoms with Gasteiger partial charge in [-0.1, -0.05) is 6.92 Å². The fraction of sp³-hybridized carbons (Fsp3) is 0.833. The van der Waals surface area contributed by atoms with Crippen LogP contribution in [0.4, 0.5) is 0 Å². The zero-order chi connectivity index (χ0) is 13.3. The summed E-state index contributed by atoms with van der Waals surface area (Å²) >= 11 is 0. The highest BCUT2D eigenvalue weighted by molar-refractivity contribution is 5.71. The van der Waals surface area contributed by atoms with Crippen LogP contribution >= 0.6 is 0 Å². The lowest BCUT2D eigenvalue weighted by Crippen LogP contribution is -2.30. The van der Waals surface area contributed by atoms with E-state index in [0.29, 0.717) is 13.2 Å². The molecule has 100 valence electrons. The SMILES string of the molecule is CCCOC(=O)CC(C)(O)CCC(=O)OCC. The van der Waals surface area contributed by atoms with Gasteiger partial charge < -0.3 is 14.6 Å². The van der Waals surface area contributed by atoms with Gasteiger partial charge in [-0.05, 0) is 26.7 Å². The Balaban J connectivity index is 3.93. The molecule has 1 atom stereocenters. The molecule has 0 saturated heterocycles. The van der Waals surface area contributed by atoms with E-state index in [1.807, 2.05) is 6.92 Å². The van der Waals surface area contributed by atoms with Crippen LogP contribution in [-0.4, -0.2) is 35.9 Å². The first-order chi connectivity index (χ1) is 7.91. The van der Waals surface area contributed by atoms with Gasteiger partial charge in [0.15, 0.2) is 0 Å². The molecule has 1 N–H and O–H groups in total. The van der Waals surface area contributed by atoms with Crippen LogP contribution in [0, 0.1) is 0 Å². The number of hydrogen-bond acceptors (Lipinski definition) is 5. The summed E-state index contributed by atoms with van der Waals surface area (Å²) in [7, 11) is 0. The molecule has 0 bridgehead atoms. The molecule has 0 heterocycles. The lowest BCUT2D eigenvalue weighted by Gasteiger charge is -2.21. The van der Waals surface area contributed by atoms with Crippen LogP contribution in [0.15, 0.2) is 0 Å². The molecule has 1 unspecified atom stereocenters. The highest BCUT2D eigenvalue weighted by Gasteiger charge is 2.26. The summed E-state index contributed by atoms with van der Waals surface area (Å²) in [6.45, 7) is 5.80. The fourth-order valence-electron chi connectivity index (χ4n) is 1.27. The smallest absolute Gasteiger partial charge is 0.308 e. The molecule has 5 heteroatoms. The van der Waals surface area contributed by atoms with E-state index >= 15 is 0 Å². The lowest BCUT2D eigenvalue weighted by atomic mass is 9.96. The van der Waals surface area contributed by atoms with Crippen molar-refractivity contribution >= 4 is 11.9 Å². The largest absolute Gasteiger partial charge is 0.466 e. The summed E-state index contributed by atoms with van der Waals surface area (Å²) < 4.78 is 9.61. The Hall–Kier alpha value is -1.10. The predicted molar refractivity (Wildman–Crippen MR) is 62.4 cm³/mol. The van der Waals surface area contributed by atoms with Crippen LogP contribution in [0.3, 0.4) is 0 Å². The van der Waals surface area contributed by atoms with Crippen molar-refractivity contribution in [3.8, 4) is 0 Å². The average molecular weight is 246 g/mol. The van der Waals surface area contributed by atoms with Crippen LogP contribution in [0.2, 0.25) is 0 Å². The molecule has 0 aliphatic heterocycles. The third kappa shape index (κ3) is 8.68. The topological polar surface area (TPSA) is 72.8 Å². The summed E-state index contributed by atoms with van der Waals surface area (Å²) in [5.41, 5.74) is -1.22. The van der Waals surface area contributed by atoms with Crippen LogP contribution in [0.1, 0.15) is 46.5 Å². The third-order valence-electron chi connectivity index (χ3n) is 2.17. The van der Waals surface area contributed by atoms with Crippen LogP contribution in [-0.2, 0) is 19.1 Å². The van der Waals surface area contributed by atoms with Crippen molar-refractivity contribution in [1.82, 2.24) is 0 Å². The van der Waals surface area contributed by atoms with E-state index < -0.39 is 11.6 Å². The molecule has 0 rings (SSSR count). The Morgan fingerprint density at radius 1 is 1.18 bits per heavy atom. The molecule has 5 nitrogen and oxygen atoms in total. The van der Waals surface area contributed by atoms with Gasteiger partial charge in [0, 0.05) is 6.42 Å². The van der Waals surface area contributed by atoms with E-state index in [0.717, 1.165) is 6.42 Å². The maximum absolute atomic E-state index is 11.3. The summed E-state index contributed by atoms with van der Waals surface area (Å²) in [5.74, 6) is -0.810. The number of carbonyl (C=O) groups excluding carboxylic acids is 2. The standard InChI is InChI=1S/C12H22O5/c1-4-8-17-11(14)9-12(3,15)7-6-10(13)16-5-2/h15H,4-9H2,1-3H3. The van der Waals surface area contributed by atoms with Crippen LogP contribution in [0.5, 0.6) is 0 Å². The summed E-state index contributed by atoms with van der Waals surface area (Å²) in [6.07, 6.45) is 0.929. The van der Waals surface area contributed by atoms with Gasteiger partial charge in [0.05, 0.1) is 25.2 Å². The summed E-state index contributed by atoms with van der Waals surface area (Å²) in [4.78, 5) is 22.4. The molecule has 0 aliphatic carbocycles. The van der Waals surface area contributed by atoms with Crippen LogP contribution in [0.25, 0.3) is 0 Å². The maximum atomic E-state index is 11.3. The number of ether oxygens (including phenoxy) is 2. The summed E-state index contributed by atoms with van der Waals surface area (Å²) in [5, 5.41) is 9.89. The Kier molecular flexibility index (Phi) is 7.54. The van der Waals surface area contributed by atoms with Crippen molar-refractivity contribution in [2.45, 2.75) is 52.1 Å². The first-order valence-electron chi connectivity index (χ1n) is 5.95. The number of carbonyl (C=O) groups is 2. The monoisotopic (exact) mass is 246 g/mol. The molecular formula is C12H22O5. The van der Waals surface area contributed by atoms with E-state index in [1.54, 1.807) is 6.92 Å². The fourth-order valence-corrected chi connectivity index (χ4v) is 1.27. The highest BCUT2D eigenvalue weighted by atomic mass is 16.5. The number of rotatable bonds is 8. The molecule has 0 aliphatic rings. The molecule has 0 saturated carbocycles. The molecule has 0 aromatic rings. The molecule has 0 fully saturated rings. The van der Waals surface area contributed by atoms with Gasteiger partial charge in [-0.25, -0.2) is 0 Å². The van der Waals surface area contributed by atoms with Crippen molar-refractivity contribution in [2.24, 2.45) is 0 Å². The summed E-state index contributed by atoms with van der Waals surface area (Å²) in [6, 6.07) is 0. The Morgan fingerprint density at radius 3 is 2.35 bits per heavy atom. The molecule has 17 heavy (non-hydrogen) atoms. The number of esters is 2. The van der Waals surface area contributed by atoms with Crippen molar-refractivity contribution < 1.29 is 24.2 Å². The second kappa shape index (κ2) is 8.06. The Bertz CT molecular complexity index is 247. The lowest BCUT2D eigenvalue weighted by molar-refractivity contribution is -0.151. The molecule has 0 aromatic carbocycles. The predicted octanol–water partition coefficient (Wildman–Crippen LogP) is 1.42. The minimum absolute atomic E-state index is 0.0991. The quantitative estimate of drug-likeness (QED) is 0.656. The highest BCUT2D eigenvalue weighted by Crippen LogP contribution is 2.17. The Morgan fingerprint density at radius 2 is 1.82 bits per heavy atom. The second-order valence-electron chi connectivity index (χ2n) is 4.20. The minimum Gasteiger partial charge on any atom is -0.466 e. The molecule has 0 radical (unpaired) electrons. The average Bonchev–Trinajstić information content (AvgIpc) is 2.24. The number of hydrogen-bond donors (Lipinski definition) is 1. The van der Waals surface area contributed by atoms with Crippen molar-refractivity contribution in [3.05, 3.63) is 0 Å². The maximum Gasteiger partial charge on any atom is 0.308 e. The van der Waals surface area contributed by atoms with Gasteiger partial charge in [0.1, 0.15) is 0 Å². The normalized spacial score (nSPS) is 13.9. The third-order valence-corrected chi connectivity index (χ3v) is 2.17. The first-order valence-corrected chi connectivity index (χ1v) is 5.95. The second-order valence-corrected chi connectivity index (χ2v) is 4.20. The molecule has 0 aromatic heterocycles. The van der Waals surface area contributed by atoms with Gasteiger partial charge in [0.2, 0.25) is 0 Å². The van der Waals surface area contributed by atoms with Crippen molar-refractivity contribution in [3.63, 3.8) is 0 Å². The van der Waals surface area contributed by atoms with Gasteiger partial charge in [0.25, 0.3) is 0 Å².